The number of carbonyl (C=O) groups is 1. The standard InChI is InChI=1S/C22H18N4OS/c1-14-3-4-16(22-12-24-13-28-22)7-19(14)20-11-25-17(10-26-20)8-21(27)18-5-6-23-9-15(18)2/h3-7,9-13H,8H2,1-2H3. The number of Topliss-reactive ketones (excluding diaryl/α,β-unsaturated/α-hetero) is 1. The molecular formula is C22H18N4OS. The minimum absolute atomic E-state index is 0.0188. The summed E-state index contributed by atoms with van der Waals surface area (Å²) in [5, 5.41) is 0. The molecule has 0 spiro atoms. The Hall–Kier alpha value is -3.25. The van der Waals surface area contributed by atoms with Gasteiger partial charge in [0.05, 0.1) is 34.4 Å². The Morgan fingerprint density at radius 1 is 0.964 bits per heavy atom. The van der Waals surface area contributed by atoms with Gasteiger partial charge in [0.25, 0.3) is 0 Å². The minimum Gasteiger partial charge on any atom is -0.294 e. The first-order valence-corrected chi connectivity index (χ1v) is 9.74. The number of hydrogen-bond acceptors (Lipinski definition) is 6. The third kappa shape index (κ3) is 3.73. The normalized spacial score (nSPS) is 10.8. The van der Waals surface area contributed by atoms with Gasteiger partial charge in [-0.2, -0.15) is 0 Å². The Morgan fingerprint density at radius 3 is 2.57 bits per heavy atom. The number of aromatic nitrogens is 4. The van der Waals surface area contributed by atoms with Crippen molar-refractivity contribution in [1.29, 1.82) is 0 Å². The van der Waals surface area contributed by atoms with E-state index in [9.17, 15) is 4.79 Å². The van der Waals surface area contributed by atoms with E-state index in [0.29, 0.717) is 11.3 Å². The molecule has 0 fully saturated rings. The maximum absolute atomic E-state index is 12.5. The van der Waals surface area contributed by atoms with Crippen LogP contribution in [0, 0.1) is 13.8 Å². The number of pyridine rings is 1. The molecule has 4 rings (SSSR count). The Morgan fingerprint density at radius 2 is 1.86 bits per heavy atom. The summed E-state index contributed by atoms with van der Waals surface area (Å²) >= 11 is 1.60. The monoisotopic (exact) mass is 386 g/mol. The van der Waals surface area contributed by atoms with E-state index in [-0.39, 0.29) is 12.2 Å². The Balaban J connectivity index is 1.58. The van der Waals surface area contributed by atoms with Crippen LogP contribution in [0.15, 0.2) is 60.8 Å². The number of rotatable bonds is 5. The molecule has 0 aliphatic rings. The van der Waals surface area contributed by atoms with Crippen LogP contribution in [-0.2, 0) is 6.42 Å². The summed E-state index contributed by atoms with van der Waals surface area (Å²) < 4.78 is 0. The molecule has 5 nitrogen and oxygen atoms in total. The zero-order valence-corrected chi connectivity index (χ0v) is 16.4. The van der Waals surface area contributed by atoms with Gasteiger partial charge in [-0.25, -0.2) is 0 Å². The molecule has 138 valence electrons. The summed E-state index contributed by atoms with van der Waals surface area (Å²) in [6.45, 7) is 3.94. The summed E-state index contributed by atoms with van der Waals surface area (Å²) in [7, 11) is 0. The number of nitrogens with zero attached hydrogens (tertiary/aromatic N) is 4. The minimum atomic E-state index is 0.0188. The van der Waals surface area contributed by atoms with Crippen molar-refractivity contribution >= 4 is 17.1 Å². The molecule has 1 aromatic carbocycles. The molecule has 6 heteroatoms. The van der Waals surface area contributed by atoms with E-state index in [2.05, 4.69) is 45.1 Å². The highest BCUT2D eigenvalue weighted by Gasteiger charge is 2.12. The average Bonchev–Trinajstić information content (AvgIpc) is 3.24. The van der Waals surface area contributed by atoms with Crippen molar-refractivity contribution in [2.75, 3.05) is 0 Å². The van der Waals surface area contributed by atoms with Crippen LogP contribution >= 0.6 is 11.3 Å². The largest absolute Gasteiger partial charge is 0.294 e. The number of benzene rings is 1. The van der Waals surface area contributed by atoms with Crippen LogP contribution in [0.3, 0.4) is 0 Å². The van der Waals surface area contributed by atoms with Crippen molar-refractivity contribution in [1.82, 2.24) is 19.9 Å². The number of carbonyl (C=O) groups excluding carboxylic acids is 1. The predicted octanol–water partition coefficient (Wildman–Crippen LogP) is 4.70. The Labute approximate surface area is 167 Å². The van der Waals surface area contributed by atoms with Crippen LogP contribution in [0.1, 0.15) is 27.2 Å². The SMILES string of the molecule is Cc1cnccc1C(=O)Cc1cnc(-c2cc(-c3cncs3)ccc2C)cn1. The van der Waals surface area contributed by atoms with Gasteiger partial charge in [-0.05, 0) is 42.7 Å². The van der Waals surface area contributed by atoms with E-state index in [0.717, 1.165) is 32.8 Å². The van der Waals surface area contributed by atoms with E-state index >= 15 is 0 Å². The van der Waals surface area contributed by atoms with Crippen LogP contribution in [0.4, 0.5) is 0 Å². The highest BCUT2D eigenvalue weighted by molar-refractivity contribution is 7.13. The van der Waals surface area contributed by atoms with E-state index < -0.39 is 0 Å². The molecule has 0 unspecified atom stereocenters. The van der Waals surface area contributed by atoms with Gasteiger partial charge < -0.3 is 0 Å². The van der Waals surface area contributed by atoms with E-state index in [4.69, 9.17) is 0 Å². The lowest BCUT2D eigenvalue weighted by Crippen LogP contribution is -2.07. The van der Waals surface area contributed by atoms with Gasteiger partial charge in [-0.1, -0.05) is 12.1 Å². The van der Waals surface area contributed by atoms with E-state index in [1.807, 2.05) is 18.6 Å². The molecule has 0 bridgehead atoms. The fourth-order valence-electron chi connectivity index (χ4n) is 3.04. The predicted molar refractivity (Wildman–Crippen MR) is 110 cm³/mol. The van der Waals surface area contributed by atoms with Gasteiger partial charge in [0.2, 0.25) is 0 Å². The quantitative estimate of drug-likeness (QED) is 0.465. The van der Waals surface area contributed by atoms with Crippen LogP contribution in [0.5, 0.6) is 0 Å². The lowest BCUT2D eigenvalue weighted by molar-refractivity contribution is 0.0991. The molecule has 28 heavy (non-hydrogen) atoms. The third-order valence-electron chi connectivity index (χ3n) is 4.60. The van der Waals surface area contributed by atoms with Gasteiger partial charge in [0.15, 0.2) is 5.78 Å². The van der Waals surface area contributed by atoms with Crippen LogP contribution in [-0.4, -0.2) is 25.7 Å². The fourth-order valence-corrected chi connectivity index (χ4v) is 3.66. The second kappa shape index (κ2) is 7.78. The molecule has 0 saturated carbocycles. The molecule has 0 radical (unpaired) electrons. The lowest BCUT2D eigenvalue weighted by Gasteiger charge is -2.08. The van der Waals surface area contributed by atoms with Crippen LogP contribution in [0.25, 0.3) is 21.7 Å². The van der Waals surface area contributed by atoms with Crippen LogP contribution in [0.2, 0.25) is 0 Å². The summed E-state index contributed by atoms with van der Waals surface area (Å²) in [5.74, 6) is 0.0188. The first-order chi connectivity index (χ1) is 13.6. The van der Waals surface area contributed by atoms with Gasteiger partial charge in [-0.3, -0.25) is 24.7 Å². The zero-order chi connectivity index (χ0) is 19.5. The molecule has 0 aliphatic carbocycles. The molecule has 0 saturated heterocycles. The average molecular weight is 386 g/mol. The van der Waals surface area contributed by atoms with Crippen molar-refractivity contribution in [3.63, 3.8) is 0 Å². The first kappa shape index (κ1) is 18.1. The molecule has 4 aromatic rings. The number of thiazole rings is 1. The van der Waals surface area contributed by atoms with Gasteiger partial charge in [-0.15, -0.1) is 11.3 Å². The smallest absolute Gasteiger partial charge is 0.169 e. The van der Waals surface area contributed by atoms with Crippen molar-refractivity contribution in [3.8, 4) is 21.7 Å². The summed E-state index contributed by atoms with van der Waals surface area (Å²) in [6.07, 6.45) is 8.83. The van der Waals surface area contributed by atoms with Gasteiger partial charge >= 0.3 is 0 Å². The van der Waals surface area contributed by atoms with Crippen molar-refractivity contribution in [2.45, 2.75) is 20.3 Å². The topological polar surface area (TPSA) is 68.6 Å². The Bertz CT molecular complexity index is 1120. The second-order valence-corrected chi connectivity index (χ2v) is 7.47. The molecular weight excluding hydrogens is 368 g/mol. The summed E-state index contributed by atoms with van der Waals surface area (Å²) in [6, 6.07) is 8.02. The summed E-state index contributed by atoms with van der Waals surface area (Å²) in [5.41, 5.74) is 8.07. The van der Waals surface area contributed by atoms with Crippen molar-refractivity contribution in [2.24, 2.45) is 0 Å². The van der Waals surface area contributed by atoms with Gasteiger partial charge in [0, 0.05) is 35.9 Å². The summed E-state index contributed by atoms with van der Waals surface area (Å²) in [4.78, 5) is 30.8. The molecule has 0 aliphatic heterocycles. The molecule has 0 amide bonds. The molecule has 3 aromatic heterocycles. The van der Waals surface area contributed by atoms with Crippen molar-refractivity contribution < 1.29 is 4.79 Å². The Kier molecular flexibility index (Phi) is 5.04. The highest BCUT2D eigenvalue weighted by atomic mass is 32.1. The second-order valence-electron chi connectivity index (χ2n) is 6.58. The highest BCUT2D eigenvalue weighted by Crippen LogP contribution is 2.29. The van der Waals surface area contributed by atoms with Crippen molar-refractivity contribution in [3.05, 3.63) is 83.1 Å². The molecule has 0 atom stereocenters. The number of aryl methyl sites for hydroxylation is 2. The lowest BCUT2D eigenvalue weighted by atomic mass is 10.0. The van der Waals surface area contributed by atoms with Crippen LogP contribution < -0.4 is 0 Å². The van der Waals surface area contributed by atoms with Gasteiger partial charge in [0.1, 0.15) is 0 Å². The van der Waals surface area contributed by atoms with E-state index in [1.54, 1.807) is 42.2 Å². The molecule has 3 heterocycles. The maximum Gasteiger partial charge on any atom is 0.169 e. The third-order valence-corrected chi connectivity index (χ3v) is 5.42. The van der Waals surface area contributed by atoms with E-state index in [1.165, 1.54) is 0 Å². The maximum atomic E-state index is 12.5. The molecule has 0 N–H and O–H groups in total. The first-order valence-electron chi connectivity index (χ1n) is 8.86. The number of ketones is 1. The number of hydrogen-bond donors (Lipinski definition) is 0. The zero-order valence-electron chi connectivity index (χ0n) is 15.6. The fraction of sp³-hybridized carbons (Fsp3) is 0.136.